The van der Waals surface area contributed by atoms with Crippen LogP contribution < -0.4 is 29.6 Å². The maximum Gasteiger partial charge on any atom is 0.416 e. The van der Waals surface area contributed by atoms with Crippen LogP contribution in [0.4, 0.5) is 33.7 Å². The summed E-state index contributed by atoms with van der Waals surface area (Å²) in [6.07, 6.45) is -2.25. The fraction of sp³-hybridized carbons (Fsp3) is 0.312. The minimum absolute atomic E-state index is 0.293. The van der Waals surface area contributed by atoms with Crippen molar-refractivity contribution in [1.29, 1.82) is 0 Å². The first-order chi connectivity index (χ1) is 22.2. The first kappa shape index (κ1) is 31.2. The van der Waals surface area contributed by atoms with Crippen LogP contribution in [0.3, 0.4) is 0 Å². The van der Waals surface area contributed by atoms with Gasteiger partial charge in [-0.3, -0.25) is 9.88 Å². The highest BCUT2D eigenvalue weighted by molar-refractivity contribution is 6.00. The van der Waals surface area contributed by atoms with Gasteiger partial charge in [0.2, 0.25) is 5.75 Å². The van der Waals surface area contributed by atoms with E-state index in [-0.39, 0.29) is 0 Å². The Morgan fingerprint density at radius 2 is 1.67 bits per heavy atom. The van der Waals surface area contributed by atoms with Crippen molar-refractivity contribution >= 4 is 28.3 Å². The molecule has 10 nitrogen and oxygen atoms in total. The second-order valence-corrected chi connectivity index (χ2v) is 10.5. The second kappa shape index (κ2) is 13.7. The Morgan fingerprint density at radius 3 is 2.43 bits per heavy atom. The Bertz CT molecular complexity index is 1700. The molecule has 0 bridgehead atoms. The molecule has 14 heteroatoms. The first-order valence-corrected chi connectivity index (χ1v) is 14.6. The quantitative estimate of drug-likeness (QED) is 0.154. The molecule has 1 aromatic heterocycles. The molecule has 242 valence electrons. The van der Waals surface area contributed by atoms with Gasteiger partial charge < -0.3 is 34.3 Å². The molecular formula is C32H30F4N4O6. The third kappa shape index (κ3) is 7.35. The lowest BCUT2D eigenvalue weighted by Gasteiger charge is -2.26. The van der Waals surface area contributed by atoms with Crippen LogP contribution in [0.15, 0.2) is 60.8 Å². The molecule has 3 aromatic carbocycles. The van der Waals surface area contributed by atoms with Crippen molar-refractivity contribution in [2.75, 3.05) is 63.3 Å². The van der Waals surface area contributed by atoms with E-state index in [1.165, 1.54) is 12.1 Å². The number of carbonyl (C=O) groups is 1. The highest BCUT2D eigenvalue weighted by Crippen LogP contribution is 2.48. The lowest BCUT2D eigenvalue weighted by atomic mass is 10.1. The zero-order chi connectivity index (χ0) is 32.1. The summed E-state index contributed by atoms with van der Waals surface area (Å²) in [5, 5.41) is 5.16. The molecule has 46 heavy (non-hydrogen) atoms. The van der Waals surface area contributed by atoms with Crippen LogP contribution in [0.25, 0.3) is 10.9 Å². The van der Waals surface area contributed by atoms with Gasteiger partial charge in [0.25, 0.3) is 0 Å². The van der Waals surface area contributed by atoms with Gasteiger partial charge in [-0.2, -0.15) is 13.2 Å². The monoisotopic (exact) mass is 642 g/mol. The number of benzene rings is 3. The molecular weight excluding hydrogens is 612 g/mol. The largest absolute Gasteiger partial charge is 0.489 e. The highest BCUT2D eigenvalue weighted by Gasteiger charge is 2.31. The summed E-state index contributed by atoms with van der Waals surface area (Å²) < 4.78 is 82.6. The molecule has 2 N–H and O–H groups in total. The number of alkyl halides is 3. The van der Waals surface area contributed by atoms with Gasteiger partial charge in [-0.05, 0) is 55.0 Å². The number of urea groups is 1. The normalized spacial score (nSPS) is 15.0. The van der Waals surface area contributed by atoms with Crippen LogP contribution in [0, 0.1) is 5.82 Å². The van der Waals surface area contributed by atoms with Gasteiger partial charge in [0, 0.05) is 37.6 Å². The summed E-state index contributed by atoms with van der Waals surface area (Å²) in [7, 11) is 0. The summed E-state index contributed by atoms with van der Waals surface area (Å²) in [6, 6.07) is 10.6. The Morgan fingerprint density at radius 1 is 0.913 bits per heavy atom. The third-order valence-electron chi connectivity index (χ3n) is 7.30. The topological polar surface area (TPSA) is 103 Å². The zero-order valence-electron chi connectivity index (χ0n) is 24.5. The highest BCUT2D eigenvalue weighted by atomic mass is 19.4. The van der Waals surface area contributed by atoms with Gasteiger partial charge in [-0.25, -0.2) is 9.18 Å². The van der Waals surface area contributed by atoms with Crippen molar-refractivity contribution in [3.8, 4) is 28.7 Å². The van der Waals surface area contributed by atoms with Crippen molar-refractivity contribution in [3.05, 3.63) is 72.2 Å². The smallest absolute Gasteiger partial charge is 0.416 e. The number of nitrogens with zero attached hydrogens (tertiary/aromatic N) is 2. The Hall–Kier alpha value is -4.82. The molecule has 3 heterocycles. The number of carbonyl (C=O) groups excluding carboxylic acids is 1. The van der Waals surface area contributed by atoms with E-state index in [9.17, 15) is 22.4 Å². The maximum absolute atomic E-state index is 14.0. The minimum atomic E-state index is -4.69. The molecule has 1 saturated heterocycles. The second-order valence-electron chi connectivity index (χ2n) is 10.5. The van der Waals surface area contributed by atoms with Gasteiger partial charge >= 0.3 is 12.2 Å². The van der Waals surface area contributed by atoms with Crippen molar-refractivity contribution in [2.45, 2.75) is 12.6 Å². The summed E-state index contributed by atoms with van der Waals surface area (Å²) >= 11 is 0. The number of ether oxygens (including phenoxy) is 5. The summed E-state index contributed by atoms with van der Waals surface area (Å²) in [5.41, 5.74) is -0.813. The number of nitrogens with one attached hydrogen (secondary N) is 2. The molecule has 0 spiro atoms. The molecule has 1 fully saturated rings. The van der Waals surface area contributed by atoms with Crippen molar-refractivity contribution in [2.24, 2.45) is 0 Å². The lowest BCUT2D eigenvalue weighted by molar-refractivity contribution is -0.137. The van der Waals surface area contributed by atoms with Crippen LogP contribution in [0.1, 0.15) is 12.0 Å². The number of rotatable bonds is 9. The van der Waals surface area contributed by atoms with Gasteiger partial charge in [0.05, 0.1) is 42.0 Å². The Balaban J connectivity index is 1.13. The summed E-state index contributed by atoms with van der Waals surface area (Å²) in [4.78, 5) is 19.2. The van der Waals surface area contributed by atoms with Crippen molar-refractivity contribution in [1.82, 2.24) is 9.88 Å². The Kier molecular flexibility index (Phi) is 9.26. The summed E-state index contributed by atoms with van der Waals surface area (Å²) in [6.45, 7) is 5.40. The lowest BCUT2D eigenvalue weighted by Crippen LogP contribution is -2.37. The van der Waals surface area contributed by atoms with Crippen LogP contribution >= 0.6 is 0 Å². The number of pyridine rings is 1. The van der Waals surface area contributed by atoms with Crippen LogP contribution in [-0.4, -0.2) is 68.6 Å². The molecule has 0 aliphatic carbocycles. The van der Waals surface area contributed by atoms with E-state index >= 15 is 0 Å². The zero-order valence-corrected chi connectivity index (χ0v) is 24.5. The van der Waals surface area contributed by atoms with Crippen LogP contribution in [-0.2, 0) is 10.9 Å². The fourth-order valence-corrected chi connectivity index (χ4v) is 5.08. The number of amides is 2. The Labute approximate surface area is 261 Å². The SMILES string of the molecule is O=C(Nc1ccc(Oc2ccnc3cc(OCCCN4CCOCC4)c4c(c23)OCCO4)cc1)Nc1cc(C(F)(F)F)ccc1F. The first-order valence-electron chi connectivity index (χ1n) is 14.6. The average Bonchev–Trinajstić information content (AvgIpc) is 3.05. The molecule has 2 aliphatic rings. The molecule has 6 rings (SSSR count). The predicted molar refractivity (Wildman–Crippen MR) is 161 cm³/mol. The van der Waals surface area contributed by atoms with Crippen molar-refractivity contribution < 1.29 is 46.0 Å². The van der Waals surface area contributed by atoms with E-state index in [0.717, 1.165) is 39.3 Å². The van der Waals surface area contributed by atoms with E-state index in [1.54, 1.807) is 30.5 Å². The number of aromatic nitrogens is 1. The average molecular weight is 643 g/mol. The number of hydrogen-bond donors (Lipinski definition) is 2. The molecule has 4 aromatic rings. The number of halogens is 4. The number of anilines is 2. The van der Waals surface area contributed by atoms with Gasteiger partial charge in [0.15, 0.2) is 11.5 Å². The van der Waals surface area contributed by atoms with Crippen LogP contribution in [0.5, 0.6) is 28.7 Å². The van der Waals surface area contributed by atoms with E-state index in [2.05, 4.69) is 20.5 Å². The van der Waals surface area contributed by atoms with Gasteiger partial charge in [-0.15, -0.1) is 0 Å². The fourth-order valence-electron chi connectivity index (χ4n) is 5.08. The molecule has 0 unspecified atom stereocenters. The van der Waals surface area contributed by atoms with Gasteiger partial charge in [0.1, 0.15) is 30.5 Å². The van der Waals surface area contributed by atoms with E-state index < -0.39 is 29.3 Å². The van der Waals surface area contributed by atoms with E-state index in [0.29, 0.717) is 83.4 Å². The number of morpholine rings is 1. The van der Waals surface area contributed by atoms with E-state index in [4.69, 9.17) is 23.7 Å². The minimum Gasteiger partial charge on any atom is -0.489 e. The summed E-state index contributed by atoms with van der Waals surface area (Å²) in [5.74, 6) is 1.33. The molecule has 2 aliphatic heterocycles. The van der Waals surface area contributed by atoms with Crippen molar-refractivity contribution in [3.63, 3.8) is 0 Å². The maximum atomic E-state index is 14.0. The van der Waals surface area contributed by atoms with Gasteiger partial charge in [-0.1, -0.05) is 0 Å². The number of hydrogen-bond acceptors (Lipinski definition) is 8. The standard InChI is InChI=1S/C32H30F4N4O6/c33-23-7-2-20(32(34,35)36)18-24(23)39-31(41)38-21-3-5-22(6-4-21)46-26-8-9-37-25-19-27(29-30(28(25)26)45-17-16-44-29)43-13-1-10-40-11-14-42-15-12-40/h2-9,18-19H,1,10-17H2,(H2,38,39,41). The molecule has 0 atom stereocenters. The number of fused-ring (bicyclic) bond motifs is 3. The molecule has 2 amide bonds. The predicted octanol–water partition coefficient (Wildman–Crippen LogP) is 6.70. The van der Waals surface area contributed by atoms with E-state index in [1.807, 2.05) is 0 Å². The molecule has 0 saturated carbocycles. The third-order valence-corrected chi connectivity index (χ3v) is 7.30. The molecule has 0 radical (unpaired) electrons. The van der Waals surface area contributed by atoms with Crippen LogP contribution in [0.2, 0.25) is 0 Å².